The molecule has 0 amide bonds. The van der Waals surface area contributed by atoms with Crippen molar-refractivity contribution < 1.29 is 22.8 Å². The molecule has 1 aromatic heterocycles. The number of hydrogen-bond donors (Lipinski definition) is 0. The van der Waals surface area contributed by atoms with Crippen molar-refractivity contribution >= 4 is 39.9 Å². The Morgan fingerprint density at radius 2 is 2.18 bits per heavy atom. The molecular weight excluding hydrogens is 379 g/mol. The van der Waals surface area contributed by atoms with Crippen molar-refractivity contribution in [3.63, 3.8) is 0 Å². The van der Waals surface area contributed by atoms with Gasteiger partial charge in [0, 0.05) is 6.07 Å². The van der Waals surface area contributed by atoms with Gasteiger partial charge in [-0.1, -0.05) is 0 Å². The van der Waals surface area contributed by atoms with E-state index >= 15 is 0 Å². The fourth-order valence-electron chi connectivity index (χ4n) is 0.997. The highest BCUT2D eigenvalue weighted by atomic mass is 127. The number of nitro groups is 1. The predicted octanol–water partition coefficient (Wildman–Crippen LogP) is 3.23. The topological polar surface area (TPSA) is 65.3 Å². The lowest BCUT2D eigenvalue weighted by atomic mass is 10.2. The van der Waals surface area contributed by atoms with Gasteiger partial charge in [0.2, 0.25) is 5.88 Å². The molecule has 0 bridgehead atoms. The Bertz CT molecular complexity index is 455. The summed E-state index contributed by atoms with van der Waals surface area (Å²) in [6.07, 6.45) is -4.91. The lowest BCUT2D eigenvalue weighted by molar-refractivity contribution is -0.386. The Balaban J connectivity index is 3.23. The highest BCUT2D eigenvalue weighted by Crippen LogP contribution is 2.30. The summed E-state index contributed by atoms with van der Waals surface area (Å²) in [5, 5.41) is 10.6. The summed E-state index contributed by atoms with van der Waals surface area (Å²) in [4.78, 5) is 13.2. The lowest BCUT2D eigenvalue weighted by Crippen LogP contribution is -2.18. The van der Waals surface area contributed by atoms with Crippen LogP contribution in [0.2, 0.25) is 0 Å². The van der Waals surface area contributed by atoms with E-state index in [1.165, 1.54) is 22.6 Å². The minimum Gasteiger partial charge on any atom is -0.388 e. The zero-order chi connectivity index (χ0) is 13.2. The van der Waals surface area contributed by atoms with Crippen LogP contribution in [0.3, 0.4) is 0 Å². The third kappa shape index (κ3) is 3.84. The van der Waals surface area contributed by atoms with Crippen LogP contribution < -0.4 is 4.74 Å². The second-order valence-corrected chi connectivity index (χ2v) is 3.99. The van der Waals surface area contributed by atoms with E-state index in [2.05, 4.69) is 9.72 Å². The van der Waals surface area contributed by atoms with E-state index in [0.717, 1.165) is 6.07 Å². The maximum atomic E-state index is 11.9. The minimum atomic E-state index is -4.91. The van der Waals surface area contributed by atoms with Gasteiger partial charge >= 0.3 is 12.0 Å². The van der Waals surface area contributed by atoms with Crippen molar-refractivity contribution in [3.8, 4) is 5.88 Å². The first-order valence-corrected chi connectivity index (χ1v) is 5.51. The number of aromatic nitrogens is 1. The average Bonchev–Trinajstić information content (AvgIpc) is 2.12. The summed E-state index contributed by atoms with van der Waals surface area (Å²) < 4.78 is 39.2. The van der Waals surface area contributed by atoms with E-state index in [-0.39, 0.29) is 15.1 Å². The highest BCUT2D eigenvalue weighted by Gasteiger charge is 2.33. The zero-order valence-electron chi connectivity index (χ0n) is 7.79. The zero-order valence-corrected chi connectivity index (χ0v) is 10.7. The van der Waals surface area contributed by atoms with Crippen LogP contribution in [-0.2, 0) is 5.88 Å². The van der Waals surface area contributed by atoms with E-state index in [9.17, 15) is 23.3 Å². The second kappa shape index (κ2) is 5.21. The molecule has 17 heavy (non-hydrogen) atoms. The molecule has 0 aliphatic heterocycles. The first-order valence-electron chi connectivity index (χ1n) is 3.90. The molecule has 0 saturated heterocycles. The van der Waals surface area contributed by atoms with Crippen molar-refractivity contribution in [2.45, 2.75) is 12.2 Å². The standard InChI is InChI=1S/C7H3ClF3IN2O3/c8-2-3-1-4(17-7(9,10)11)13-6(12)5(3)14(15)16/h1H,2H2. The minimum absolute atomic E-state index is 0.0877. The smallest absolute Gasteiger partial charge is 0.388 e. The molecule has 0 aromatic carbocycles. The molecule has 1 rings (SSSR count). The highest BCUT2D eigenvalue weighted by molar-refractivity contribution is 14.1. The van der Waals surface area contributed by atoms with E-state index in [4.69, 9.17) is 11.6 Å². The van der Waals surface area contributed by atoms with Crippen molar-refractivity contribution in [2.24, 2.45) is 0 Å². The molecule has 1 aromatic rings. The maximum absolute atomic E-state index is 11.9. The van der Waals surface area contributed by atoms with E-state index in [1.54, 1.807) is 0 Å². The molecule has 0 unspecified atom stereocenters. The lowest BCUT2D eigenvalue weighted by Gasteiger charge is -2.09. The SMILES string of the molecule is O=[N+]([O-])c1c(CCl)cc(OC(F)(F)F)nc1I. The third-order valence-corrected chi connectivity index (χ3v) is 2.59. The molecule has 0 saturated carbocycles. The van der Waals surface area contributed by atoms with Crippen LogP contribution in [0.15, 0.2) is 6.07 Å². The first-order chi connectivity index (χ1) is 7.74. The molecule has 0 atom stereocenters. The number of alkyl halides is 4. The number of ether oxygens (including phenoxy) is 1. The summed E-state index contributed by atoms with van der Waals surface area (Å²) in [5.41, 5.74) is -0.509. The summed E-state index contributed by atoms with van der Waals surface area (Å²) in [6.45, 7) is 0. The number of halogens is 5. The third-order valence-electron chi connectivity index (χ3n) is 1.55. The van der Waals surface area contributed by atoms with E-state index < -0.39 is 22.9 Å². The van der Waals surface area contributed by atoms with Crippen LogP contribution in [0.5, 0.6) is 5.88 Å². The monoisotopic (exact) mass is 382 g/mol. The Morgan fingerprint density at radius 3 is 2.59 bits per heavy atom. The van der Waals surface area contributed by atoms with Gasteiger partial charge in [0.1, 0.15) is 0 Å². The van der Waals surface area contributed by atoms with Crippen molar-refractivity contribution in [2.75, 3.05) is 0 Å². The quantitative estimate of drug-likeness (QED) is 0.265. The molecule has 0 aliphatic rings. The van der Waals surface area contributed by atoms with Crippen LogP contribution in [0.25, 0.3) is 0 Å². The molecule has 1 heterocycles. The molecule has 94 valence electrons. The van der Waals surface area contributed by atoms with Gasteiger partial charge in [0.25, 0.3) is 0 Å². The van der Waals surface area contributed by atoms with Gasteiger partial charge in [-0.15, -0.1) is 24.8 Å². The van der Waals surface area contributed by atoms with Crippen LogP contribution in [-0.4, -0.2) is 16.3 Å². The van der Waals surface area contributed by atoms with E-state index in [1.807, 2.05) is 0 Å². The molecular formula is C7H3ClF3IN2O3. The average molecular weight is 382 g/mol. The molecule has 0 spiro atoms. The molecule has 0 radical (unpaired) electrons. The molecule has 10 heteroatoms. The number of rotatable bonds is 3. The maximum Gasteiger partial charge on any atom is 0.574 e. The Morgan fingerprint density at radius 1 is 1.59 bits per heavy atom. The fraction of sp³-hybridized carbons (Fsp3) is 0.286. The fourth-order valence-corrected chi connectivity index (χ4v) is 1.98. The molecule has 5 nitrogen and oxygen atoms in total. The van der Waals surface area contributed by atoms with Gasteiger partial charge in [-0.2, -0.15) is 4.98 Å². The summed E-state index contributed by atoms with van der Waals surface area (Å²) >= 11 is 6.86. The van der Waals surface area contributed by atoms with Gasteiger partial charge in [0.15, 0.2) is 3.70 Å². The van der Waals surface area contributed by atoms with Gasteiger partial charge in [0.05, 0.1) is 16.4 Å². The number of nitrogens with zero attached hydrogens (tertiary/aromatic N) is 2. The summed E-state index contributed by atoms with van der Waals surface area (Å²) in [7, 11) is 0. The Kier molecular flexibility index (Phi) is 4.36. The van der Waals surface area contributed by atoms with Crippen molar-refractivity contribution in [3.05, 3.63) is 25.4 Å². The summed E-state index contributed by atoms with van der Waals surface area (Å²) in [5.74, 6) is -1.09. The second-order valence-electron chi connectivity index (χ2n) is 2.70. The van der Waals surface area contributed by atoms with Gasteiger partial charge < -0.3 is 4.74 Å². The van der Waals surface area contributed by atoms with Crippen LogP contribution in [0.4, 0.5) is 18.9 Å². The number of hydrogen-bond acceptors (Lipinski definition) is 4. The molecule has 0 aliphatic carbocycles. The van der Waals surface area contributed by atoms with Gasteiger partial charge in [-0.05, 0) is 22.6 Å². The number of pyridine rings is 1. The largest absolute Gasteiger partial charge is 0.574 e. The predicted molar refractivity (Wildman–Crippen MR) is 59.8 cm³/mol. The molecule has 0 N–H and O–H groups in total. The van der Waals surface area contributed by atoms with Crippen molar-refractivity contribution in [1.82, 2.24) is 4.98 Å². The summed E-state index contributed by atoms with van der Waals surface area (Å²) in [6, 6.07) is 0.792. The van der Waals surface area contributed by atoms with Crippen molar-refractivity contribution in [1.29, 1.82) is 0 Å². The first kappa shape index (κ1) is 14.2. The normalized spacial score (nSPS) is 11.4. The van der Waals surface area contributed by atoms with Crippen LogP contribution >= 0.6 is 34.2 Å². The van der Waals surface area contributed by atoms with Gasteiger partial charge in [-0.25, -0.2) is 0 Å². The van der Waals surface area contributed by atoms with Crippen LogP contribution in [0, 0.1) is 13.8 Å². The van der Waals surface area contributed by atoms with Gasteiger partial charge in [-0.3, -0.25) is 10.1 Å². The van der Waals surface area contributed by atoms with Crippen LogP contribution in [0.1, 0.15) is 5.56 Å². The van der Waals surface area contributed by atoms with E-state index in [0.29, 0.717) is 0 Å². The molecule has 0 fully saturated rings. The Labute approximate surface area is 111 Å². The Hall–Kier alpha value is -0.840.